The summed E-state index contributed by atoms with van der Waals surface area (Å²) in [4.78, 5) is 9.71. The Morgan fingerprint density at radius 1 is 1.44 bits per heavy atom. The Hall–Kier alpha value is -1.43. The van der Waals surface area contributed by atoms with Gasteiger partial charge in [0, 0.05) is 6.07 Å². The number of halogens is 2. The molecule has 1 aromatic carbocycles. The Kier molecular flexibility index (Phi) is 4.42. The first-order valence-electron chi connectivity index (χ1n) is 4.47. The third kappa shape index (κ3) is 3.03. The summed E-state index contributed by atoms with van der Waals surface area (Å²) >= 11 is 3.94. The first-order valence-corrected chi connectivity index (χ1v) is 5.10. The van der Waals surface area contributed by atoms with Gasteiger partial charge < -0.3 is 0 Å². The average Bonchev–Trinajstić information content (AvgIpc) is 2.16. The lowest BCUT2D eigenvalue weighted by Gasteiger charge is -1.99. The zero-order valence-corrected chi connectivity index (χ0v) is 9.08. The number of allylic oxidation sites excluding steroid dienone is 1. The summed E-state index contributed by atoms with van der Waals surface area (Å²) in [5, 5.41) is 10.6. The van der Waals surface area contributed by atoms with Crippen molar-refractivity contribution in [3.8, 4) is 0 Å². The van der Waals surface area contributed by atoms with Crippen LogP contribution in [-0.4, -0.2) is 10.7 Å². The Balaban J connectivity index is 3.19. The van der Waals surface area contributed by atoms with E-state index >= 15 is 0 Å². The highest BCUT2D eigenvalue weighted by Crippen LogP contribution is 2.25. The minimum Gasteiger partial charge on any atom is -0.258 e. The number of nitrogens with zero attached hydrogens (tertiary/aromatic N) is 1. The molecule has 0 N–H and O–H groups in total. The van der Waals surface area contributed by atoms with Gasteiger partial charge >= 0.3 is 5.69 Å². The quantitative estimate of drug-likeness (QED) is 0.503. The first-order chi connectivity index (χ1) is 7.56. The van der Waals surface area contributed by atoms with Crippen LogP contribution in [0.15, 0.2) is 18.2 Å². The van der Waals surface area contributed by atoms with Crippen LogP contribution in [0.2, 0.25) is 0 Å². The number of nitro benzene ring substituents is 1. The van der Waals surface area contributed by atoms with Crippen molar-refractivity contribution in [2.75, 3.05) is 5.75 Å². The maximum absolute atomic E-state index is 13.1. The normalized spacial score (nSPS) is 10.9. The molecular weight excluding hydrogens is 236 g/mol. The molecule has 0 saturated carbocycles. The molecule has 0 atom stereocenters. The van der Waals surface area contributed by atoms with Crippen LogP contribution in [0.1, 0.15) is 12.0 Å². The van der Waals surface area contributed by atoms with Gasteiger partial charge in [-0.3, -0.25) is 10.1 Å². The summed E-state index contributed by atoms with van der Waals surface area (Å²) in [6.45, 7) is 0. The summed E-state index contributed by atoms with van der Waals surface area (Å²) in [7, 11) is 0. The van der Waals surface area contributed by atoms with Gasteiger partial charge in [0.25, 0.3) is 0 Å². The van der Waals surface area contributed by atoms with Gasteiger partial charge in [-0.15, -0.1) is 0 Å². The molecule has 0 spiro atoms. The van der Waals surface area contributed by atoms with E-state index in [9.17, 15) is 18.9 Å². The smallest absolute Gasteiger partial charge is 0.258 e. The van der Waals surface area contributed by atoms with E-state index in [4.69, 9.17) is 0 Å². The zero-order chi connectivity index (χ0) is 12.1. The van der Waals surface area contributed by atoms with Crippen LogP contribution in [-0.2, 0) is 0 Å². The molecule has 1 aromatic rings. The van der Waals surface area contributed by atoms with Crippen molar-refractivity contribution in [1.82, 2.24) is 0 Å². The van der Waals surface area contributed by atoms with Crippen molar-refractivity contribution >= 4 is 24.4 Å². The molecule has 0 aromatic heterocycles. The topological polar surface area (TPSA) is 43.1 Å². The molecule has 0 saturated heterocycles. The molecule has 0 amide bonds. The molecule has 16 heavy (non-hydrogen) atoms. The highest BCUT2D eigenvalue weighted by atomic mass is 32.1. The van der Waals surface area contributed by atoms with E-state index in [1.54, 1.807) is 6.08 Å². The SMILES string of the molecule is O=[N+]([O-])c1c(F)cc(F)cc1C=CCCS. The second-order valence-corrected chi connectivity index (χ2v) is 3.44. The molecule has 3 nitrogen and oxygen atoms in total. The summed E-state index contributed by atoms with van der Waals surface area (Å²) in [5.41, 5.74) is -0.791. The van der Waals surface area contributed by atoms with Crippen LogP contribution >= 0.6 is 12.6 Å². The lowest BCUT2D eigenvalue weighted by molar-refractivity contribution is -0.387. The number of hydrogen-bond acceptors (Lipinski definition) is 3. The number of thiol groups is 1. The van der Waals surface area contributed by atoms with E-state index in [0.29, 0.717) is 18.2 Å². The molecule has 1 rings (SSSR count). The summed E-state index contributed by atoms with van der Waals surface area (Å²) in [6.07, 6.45) is 3.47. The van der Waals surface area contributed by atoms with Gasteiger partial charge in [-0.25, -0.2) is 4.39 Å². The van der Waals surface area contributed by atoms with Crippen molar-refractivity contribution < 1.29 is 13.7 Å². The number of hydrogen-bond donors (Lipinski definition) is 1. The zero-order valence-electron chi connectivity index (χ0n) is 8.19. The molecule has 0 aliphatic heterocycles. The Bertz CT molecular complexity index is 435. The third-order valence-corrected chi connectivity index (χ3v) is 2.09. The van der Waals surface area contributed by atoms with Crippen LogP contribution in [0.25, 0.3) is 6.08 Å². The number of nitro groups is 1. The third-order valence-electron chi connectivity index (χ3n) is 1.83. The summed E-state index contributed by atoms with van der Waals surface area (Å²) in [5.74, 6) is -1.45. The Labute approximate surface area is 96.3 Å². The maximum Gasteiger partial charge on any atom is 0.312 e. The number of benzene rings is 1. The van der Waals surface area contributed by atoms with Crippen LogP contribution in [0.5, 0.6) is 0 Å². The van der Waals surface area contributed by atoms with Gasteiger partial charge in [-0.05, 0) is 18.2 Å². The predicted molar refractivity (Wildman–Crippen MR) is 60.5 cm³/mol. The second-order valence-electron chi connectivity index (χ2n) is 3.00. The van der Waals surface area contributed by atoms with Crippen LogP contribution in [0.3, 0.4) is 0 Å². The Morgan fingerprint density at radius 3 is 2.69 bits per heavy atom. The fraction of sp³-hybridized carbons (Fsp3) is 0.200. The van der Waals surface area contributed by atoms with E-state index in [1.165, 1.54) is 6.08 Å². The maximum atomic E-state index is 13.1. The Morgan fingerprint density at radius 2 is 2.12 bits per heavy atom. The van der Waals surface area contributed by atoms with Gasteiger partial charge in [0.2, 0.25) is 5.82 Å². The van der Waals surface area contributed by atoms with Crippen LogP contribution in [0, 0.1) is 21.7 Å². The number of rotatable bonds is 4. The molecule has 86 valence electrons. The standard InChI is InChI=1S/C10H9F2NO2S/c11-8-5-7(3-1-2-4-16)10(13(14)15)9(12)6-8/h1,3,5-6,16H,2,4H2. The van der Waals surface area contributed by atoms with E-state index in [-0.39, 0.29) is 5.56 Å². The van der Waals surface area contributed by atoms with Gasteiger partial charge in [-0.1, -0.05) is 12.2 Å². The van der Waals surface area contributed by atoms with Crippen molar-refractivity contribution in [2.24, 2.45) is 0 Å². The highest BCUT2D eigenvalue weighted by molar-refractivity contribution is 7.80. The lowest BCUT2D eigenvalue weighted by atomic mass is 10.1. The van der Waals surface area contributed by atoms with Gasteiger partial charge in [0.15, 0.2) is 0 Å². The minimum absolute atomic E-state index is 0.0794. The van der Waals surface area contributed by atoms with Crippen molar-refractivity contribution in [2.45, 2.75) is 6.42 Å². The van der Waals surface area contributed by atoms with Crippen molar-refractivity contribution in [3.05, 3.63) is 45.5 Å². The average molecular weight is 245 g/mol. The monoisotopic (exact) mass is 245 g/mol. The van der Waals surface area contributed by atoms with Gasteiger partial charge in [0.05, 0.1) is 10.5 Å². The molecule has 6 heteroatoms. The van der Waals surface area contributed by atoms with Gasteiger partial charge in [-0.2, -0.15) is 17.0 Å². The molecule has 0 fully saturated rings. The van der Waals surface area contributed by atoms with Gasteiger partial charge in [0.1, 0.15) is 5.82 Å². The molecule has 0 bridgehead atoms. The summed E-state index contributed by atoms with van der Waals surface area (Å²) < 4.78 is 26.0. The van der Waals surface area contributed by atoms with Crippen molar-refractivity contribution in [3.63, 3.8) is 0 Å². The molecule has 0 radical (unpaired) electrons. The largest absolute Gasteiger partial charge is 0.312 e. The van der Waals surface area contributed by atoms with Crippen molar-refractivity contribution in [1.29, 1.82) is 0 Å². The molecule has 0 aliphatic rings. The molecule has 0 unspecified atom stereocenters. The summed E-state index contributed by atoms with van der Waals surface area (Å²) in [6, 6.07) is 1.42. The molecule has 0 heterocycles. The predicted octanol–water partition coefficient (Wildman–Crippen LogP) is 3.21. The fourth-order valence-corrected chi connectivity index (χ4v) is 1.34. The van der Waals surface area contributed by atoms with Crippen LogP contribution < -0.4 is 0 Å². The molecular formula is C10H9F2NO2S. The second kappa shape index (κ2) is 5.60. The highest BCUT2D eigenvalue weighted by Gasteiger charge is 2.19. The lowest BCUT2D eigenvalue weighted by Crippen LogP contribution is -1.97. The van der Waals surface area contributed by atoms with E-state index < -0.39 is 22.2 Å². The minimum atomic E-state index is -1.17. The van der Waals surface area contributed by atoms with Crippen LogP contribution in [0.4, 0.5) is 14.5 Å². The fourth-order valence-electron chi connectivity index (χ4n) is 1.19. The van der Waals surface area contributed by atoms with E-state index in [1.807, 2.05) is 0 Å². The van der Waals surface area contributed by atoms with E-state index in [0.717, 1.165) is 6.07 Å². The first kappa shape index (κ1) is 12.6. The van der Waals surface area contributed by atoms with E-state index in [2.05, 4.69) is 12.6 Å². The molecule has 0 aliphatic carbocycles.